The molecule has 0 atom stereocenters. The van der Waals surface area contributed by atoms with Crippen molar-refractivity contribution in [1.82, 2.24) is 14.9 Å². The molecule has 168 valence electrons. The zero-order valence-electron chi connectivity index (χ0n) is 17.9. The highest BCUT2D eigenvalue weighted by molar-refractivity contribution is 7.99. The van der Waals surface area contributed by atoms with Gasteiger partial charge < -0.3 is 5.32 Å². The molecule has 0 radical (unpaired) electrons. The first kappa shape index (κ1) is 23.1. The van der Waals surface area contributed by atoms with Crippen LogP contribution in [-0.4, -0.2) is 27.8 Å². The first-order valence-corrected chi connectivity index (χ1v) is 13.0. The van der Waals surface area contributed by atoms with Crippen LogP contribution in [0.3, 0.4) is 0 Å². The molecule has 1 aliphatic carbocycles. The van der Waals surface area contributed by atoms with Crippen molar-refractivity contribution in [2.24, 2.45) is 0 Å². The van der Waals surface area contributed by atoms with Crippen LogP contribution >= 0.6 is 34.7 Å². The molecule has 5 nitrogen and oxygen atoms in total. The van der Waals surface area contributed by atoms with Crippen molar-refractivity contribution in [3.8, 4) is 0 Å². The van der Waals surface area contributed by atoms with Gasteiger partial charge >= 0.3 is 0 Å². The van der Waals surface area contributed by atoms with Gasteiger partial charge in [-0.15, -0.1) is 17.9 Å². The first-order chi connectivity index (χ1) is 15.6. The lowest BCUT2D eigenvalue weighted by molar-refractivity contribution is -0.118. The van der Waals surface area contributed by atoms with Gasteiger partial charge in [-0.25, -0.2) is 4.98 Å². The molecule has 0 spiro atoms. The molecule has 1 amide bonds. The van der Waals surface area contributed by atoms with Gasteiger partial charge in [0.05, 0.1) is 11.1 Å². The molecule has 32 heavy (non-hydrogen) atoms. The summed E-state index contributed by atoms with van der Waals surface area (Å²) < 4.78 is 1.65. The standard InChI is InChI=1S/C24H26ClN3O2S2/c1-2-14-28-23(30)21-18-6-4-3-5-7-19(18)32-22(21)27-24(28)31-15-20(29)26-13-12-16-8-10-17(25)11-9-16/h2,8-11H,1,3-7,12-15H2,(H,26,29). The summed E-state index contributed by atoms with van der Waals surface area (Å²) in [6.45, 7) is 4.72. The average Bonchev–Trinajstić information content (AvgIpc) is 2.97. The van der Waals surface area contributed by atoms with Gasteiger partial charge in [0.25, 0.3) is 5.56 Å². The van der Waals surface area contributed by atoms with Crippen molar-refractivity contribution in [3.63, 3.8) is 0 Å². The number of halogens is 1. The van der Waals surface area contributed by atoms with Crippen LogP contribution in [0.5, 0.6) is 0 Å². The molecular weight excluding hydrogens is 462 g/mol. The fraction of sp³-hybridized carbons (Fsp3) is 0.375. The van der Waals surface area contributed by atoms with Crippen LogP contribution < -0.4 is 10.9 Å². The van der Waals surface area contributed by atoms with Crippen LogP contribution in [0.25, 0.3) is 10.2 Å². The number of carbonyl (C=O) groups is 1. The second-order valence-electron chi connectivity index (χ2n) is 7.86. The van der Waals surface area contributed by atoms with Gasteiger partial charge in [0.15, 0.2) is 5.16 Å². The molecular formula is C24H26ClN3O2S2. The number of fused-ring (bicyclic) bond motifs is 3. The van der Waals surface area contributed by atoms with E-state index >= 15 is 0 Å². The van der Waals surface area contributed by atoms with Crippen molar-refractivity contribution in [1.29, 1.82) is 0 Å². The molecule has 0 bridgehead atoms. The van der Waals surface area contributed by atoms with E-state index in [2.05, 4.69) is 11.9 Å². The van der Waals surface area contributed by atoms with E-state index in [1.165, 1.54) is 35.0 Å². The smallest absolute Gasteiger partial charge is 0.263 e. The normalized spacial score (nSPS) is 13.5. The number of thioether (sulfide) groups is 1. The number of hydrogen-bond acceptors (Lipinski definition) is 5. The third kappa shape index (κ3) is 5.27. The highest BCUT2D eigenvalue weighted by Crippen LogP contribution is 2.34. The predicted octanol–water partition coefficient (Wildman–Crippen LogP) is 5.02. The van der Waals surface area contributed by atoms with Gasteiger partial charge in [0.2, 0.25) is 5.91 Å². The summed E-state index contributed by atoms with van der Waals surface area (Å²) in [5.74, 6) is 0.131. The van der Waals surface area contributed by atoms with Gasteiger partial charge in [-0.2, -0.15) is 0 Å². The molecule has 4 rings (SSSR count). The van der Waals surface area contributed by atoms with Crippen molar-refractivity contribution >= 4 is 50.8 Å². The molecule has 1 aromatic carbocycles. The molecule has 0 aliphatic heterocycles. The Hall–Kier alpha value is -2.09. The summed E-state index contributed by atoms with van der Waals surface area (Å²) >= 11 is 8.85. The Balaban J connectivity index is 1.46. The fourth-order valence-electron chi connectivity index (χ4n) is 3.98. The Morgan fingerprint density at radius 3 is 2.81 bits per heavy atom. The van der Waals surface area contributed by atoms with Crippen LogP contribution in [0.1, 0.15) is 35.3 Å². The van der Waals surface area contributed by atoms with E-state index in [9.17, 15) is 9.59 Å². The molecule has 1 N–H and O–H groups in total. The Kier molecular flexibility index (Phi) is 7.71. The van der Waals surface area contributed by atoms with Crippen LogP contribution in [0.15, 0.2) is 46.9 Å². The predicted molar refractivity (Wildman–Crippen MR) is 134 cm³/mol. The number of benzene rings is 1. The van der Waals surface area contributed by atoms with E-state index in [-0.39, 0.29) is 17.2 Å². The number of amides is 1. The quantitative estimate of drug-likeness (QED) is 0.210. The largest absolute Gasteiger partial charge is 0.355 e. The molecule has 0 saturated carbocycles. The summed E-state index contributed by atoms with van der Waals surface area (Å²) in [7, 11) is 0. The maximum absolute atomic E-state index is 13.3. The van der Waals surface area contributed by atoms with Gasteiger partial charge in [-0.3, -0.25) is 14.2 Å². The lowest BCUT2D eigenvalue weighted by atomic mass is 10.1. The summed E-state index contributed by atoms with van der Waals surface area (Å²) in [6.07, 6.45) is 7.90. The van der Waals surface area contributed by atoms with E-state index in [0.717, 1.165) is 41.5 Å². The minimum atomic E-state index is -0.0783. The number of thiophene rings is 1. The van der Waals surface area contributed by atoms with Gasteiger partial charge in [0, 0.05) is 23.0 Å². The number of nitrogens with one attached hydrogen (secondary N) is 1. The number of nitrogens with zero attached hydrogens (tertiary/aromatic N) is 2. The van der Waals surface area contributed by atoms with Crippen LogP contribution in [-0.2, 0) is 30.6 Å². The zero-order chi connectivity index (χ0) is 22.5. The Labute approximate surface area is 200 Å². The second-order valence-corrected chi connectivity index (χ2v) is 10.3. The molecule has 8 heteroatoms. The van der Waals surface area contributed by atoms with E-state index in [1.807, 2.05) is 24.3 Å². The minimum Gasteiger partial charge on any atom is -0.355 e. The highest BCUT2D eigenvalue weighted by Gasteiger charge is 2.21. The molecule has 0 saturated heterocycles. The van der Waals surface area contributed by atoms with Crippen molar-refractivity contribution in [2.45, 2.75) is 50.2 Å². The van der Waals surface area contributed by atoms with Gasteiger partial charge in [0.1, 0.15) is 4.83 Å². The summed E-state index contributed by atoms with van der Waals surface area (Å²) in [5.41, 5.74) is 2.29. The zero-order valence-corrected chi connectivity index (χ0v) is 20.3. The maximum atomic E-state index is 13.3. The molecule has 0 unspecified atom stereocenters. The van der Waals surface area contributed by atoms with Crippen LogP contribution in [0.2, 0.25) is 5.02 Å². The molecule has 2 heterocycles. The minimum absolute atomic E-state index is 0.0139. The Morgan fingerprint density at radius 2 is 2.03 bits per heavy atom. The highest BCUT2D eigenvalue weighted by atomic mass is 35.5. The SMILES string of the molecule is C=CCn1c(SCC(=O)NCCc2ccc(Cl)cc2)nc2sc3c(c2c1=O)CCCCC3. The third-order valence-electron chi connectivity index (χ3n) is 5.58. The van der Waals surface area contributed by atoms with Crippen molar-refractivity contribution in [3.05, 3.63) is 68.3 Å². The fourth-order valence-corrected chi connectivity index (χ4v) is 6.24. The Bertz CT molecular complexity index is 1180. The molecule has 3 aromatic rings. The molecule has 2 aromatic heterocycles. The third-order valence-corrected chi connectivity index (χ3v) is 8.00. The van der Waals surface area contributed by atoms with Gasteiger partial charge in [-0.1, -0.05) is 48.0 Å². The number of aromatic nitrogens is 2. The van der Waals surface area contributed by atoms with E-state index < -0.39 is 0 Å². The number of allylic oxidation sites excluding steroid dienone is 1. The van der Waals surface area contributed by atoms with Gasteiger partial charge in [-0.05, 0) is 55.4 Å². The monoisotopic (exact) mass is 487 g/mol. The lowest BCUT2D eigenvalue weighted by Gasteiger charge is -2.11. The molecule has 0 fully saturated rings. The first-order valence-electron chi connectivity index (χ1n) is 10.9. The number of hydrogen-bond donors (Lipinski definition) is 1. The van der Waals surface area contributed by atoms with Crippen molar-refractivity contribution < 1.29 is 4.79 Å². The number of carbonyl (C=O) groups excluding carboxylic acids is 1. The summed E-state index contributed by atoms with van der Waals surface area (Å²) in [4.78, 5) is 32.6. The number of rotatable bonds is 8. The van der Waals surface area contributed by atoms with E-state index in [0.29, 0.717) is 23.3 Å². The maximum Gasteiger partial charge on any atom is 0.263 e. The van der Waals surface area contributed by atoms with E-state index in [1.54, 1.807) is 22.0 Å². The second kappa shape index (κ2) is 10.7. The van der Waals surface area contributed by atoms with Crippen molar-refractivity contribution in [2.75, 3.05) is 12.3 Å². The topological polar surface area (TPSA) is 64.0 Å². The Morgan fingerprint density at radius 1 is 1.25 bits per heavy atom. The lowest BCUT2D eigenvalue weighted by Crippen LogP contribution is -2.28. The van der Waals surface area contributed by atoms with Crippen LogP contribution in [0, 0.1) is 0 Å². The van der Waals surface area contributed by atoms with E-state index in [4.69, 9.17) is 16.6 Å². The number of aryl methyl sites for hydroxylation is 2. The average molecular weight is 488 g/mol. The molecule has 1 aliphatic rings. The summed E-state index contributed by atoms with van der Waals surface area (Å²) in [5, 5.41) is 4.99. The summed E-state index contributed by atoms with van der Waals surface area (Å²) in [6, 6.07) is 7.61. The van der Waals surface area contributed by atoms with Crippen LogP contribution in [0.4, 0.5) is 0 Å².